The number of para-hydroxylation sites is 1. The molecule has 1 aliphatic heterocycles. The van der Waals surface area contributed by atoms with Crippen molar-refractivity contribution in [3.05, 3.63) is 82.5 Å². The molecule has 5 heteroatoms. The minimum atomic E-state index is -0.491. The maximum Gasteiger partial charge on any atom is 0.363 e. The van der Waals surface area contributed by atoms with E-state index in [1.807, 2.05) is 30.3 Å². The highest BCUT2D eigenvalue weighted by atomic mass is 35.5. The lowest BCUT2D eigenvalue weighted by molar-refractivity contribution is -0.130. The maximum atomic E-state index is 11.9. The fraction of sp³-hybridized carbons (Fsp3) is 0.0526. The van der Waals surface area contributed by atoms with Gasteiger partial charge in [0.05, 0.1) is 7.11 Å². The Bertz CT molecular complexity index is 868. The summed E-state index contributed by atoms with van der Waals surface area (Å²) in [5.74, 6) is 0.512. The van der Waals surface area contributed by atoms with E-state index in [2.05, 4.69) is 4.99 Å². The zero-order chi connectivity index (χ0) is 16.9. The van der Waals surface area contributed by atoms with Crippen molar-refractivity contribution >= 4 is 29.5 Å². The number of cyclic esters (lactones) is 1. The Kier molecular flexibility index (Phi) is 4.77. The maximum absolute atomic E-state index is 11.9. The number of halogens is 1. The standard InChI is InChI=1S/C19H14ClNO3/c1-23-17-11-3-2-6-13(17)7-5-10-16-19(22)24-18(21-16)14-8-4-9-15(20)12-14/h2-12H,1H3/b7-5+,16-10-. The molecule has 2 aromatic carbocycles. The highest BCUT2D eigenvalue weighted by Gasteiger charge is 2.23. The van der Waals surface area contributed by atoms with Gasteiger partial charge in [-0.15, -0.1) is 0 Å². The number of esters is 1. The molecule has 0 unspecified atom stereocenters. The van der Waals surface area contributed by atoms with Crippen LogP contribution >= 0.6 is 11.6 Å². The predicted octanol–water partition coefficient (Wildman–Crippen LogP) is 4.25. The Hall–Kier alpha value is -2.85. The summed E-state index contributed by atoms with van der Waals surface area (Å²) < 4.78 is 10.5. The van der Waals surface area contributed by atoms with Crippen molar-refractivity contribution in [2.24, 2.45) is 4.99 Å². The van der Waals surface area contributed by atoms with Gasteiger partial charge < -0.3 is 9.47 Å². The number of hydrogen-bond acceptors (Lipinski definition) is 4. The van der Waals surface area contributed by atoms with Crippen molar-refractivity contribution in [2.45, 2.75) is 0 Å². The van der Waals surface area contributed by atoms with Crippen LogP contribution in [0.15, 0.2) is 71.4 Å². The summed E-state index contributed by atoms with van der Waals surface area (Å²) in [7, 11) is 1.61. The molecule has 0 saturated heterocycles. The van der Waals surface area contributed by atoms with Crippen LogP contribution in [-0.4, -0.2) is 19.0 Å². The first-order chi connectivity index (χ1) is 11.7. The van der Waals surface area contributed by atoms with Gasteiger partial charge in [0.2, 0.25) is 5.90 Å². The average Bonchev–Trinajstić information content (AvgIpc) is 2.96. The third-order valence-electron chi connectivity index (χ3n) is 3.36. The second-order valence-corrected chi connectivity index (χ2v) is 5.41. The number of nitrogens with zero attached hydrogens (tertiary/aromatic N) is 1. The Balaban J connectivity index is 1.82. The summed E-state index contributed by atoms with van der Waals surface area (Å²) in [6.07, 6.45) is 5.18. The number of methoxy groups -OCH3 is 1. The van der Waals surface area contributed by atoms with E-state index in [4.69, 9.17) is 21.1 Å². The molecule has 0 saturated carbocycles. The van der Waals surface area contributed by atoms with Crippen molar-refractivity contribution in [1.29, 1.82) is 0 Å². The molecule has 1 heterocycles. The zero-order valence-corrected chi connectivity index (χ0v) is 13.7. The topological polar surface area (TPSA) is 47.9 Å². The molecule has 4 nitrogen and oxygen atoms in total. The highest BCUT2D eigenvalue weighted by Crippen LogP contribution is 2.21. The van der Waals surface area contributed by atoms with Gasteiger partial charge in [0.15, 0.2) is 5.70 Å². The van der Waals surface area contributed by atoms with Gasteiger partial charge in [0, 0.05) is 16.1 Å². The Morgan fingerprint density at radius 2 is 2.00 bits per heavy atom. The normalized spacial score (nSPS) is 15.7. The second-order valence-electron chi connectivity index (χ2n) is 4.97. The quantitative estimate of drug-likeness (QED) is 0.618. The molecular formula is C19H14ClNO3. The van der Waals surface area contributed by atoms with Gasteiger partial charge in [0.1, 0.15) is 5.75 Å². The third-order valence-corrected chi connectivity index (χ3v) is 3.60. The molecule has 2 aromatic rings. The van der Waals surface area contributed by atoms with Gasteiger partial charge in [-0.1, -0.05) is 48.0 Å². The summed E-state index contributed by atoms with van der Waals surface area (Å²) in [6, 6.07) is 14.6. The number of benzene rings is 2. The molecular weight excluding hydrogens is 326 g/mol. The number of aliphatic imine (C=N–C) groups is 1. The molecule has 3 rings (SSSR count). The lowest BCUT2D eigenvalue weighted by atomic mass is 10.2. The van der Waals surface area contributed by atoms with Crippen molar-refractivity contribution in [1.82, 2.24) is 0 Å². The smallest absolute Gasteiger partial charge is 0.363 e. The van der Waals surface area contributed by atoms with Gasteiger partial charge in [0.25, 0.3) is 0 Å². The van der Waals surface area contributed by atoms with E-state index in [1.165, 1.54) is 0 Å². The molecule has 0 aliphatic carbocycles. The van der Waals surface area contributed by atoms with Crippen LogP contribution in [0.1, 0.15) is 11.1 Å². The van der Waals surface area contributed by atoms with Crippen LogP contribution < -0.4 is 4.74 Å². The van der Waals surface area contributed by atoms with E-state index in [-0.39, 0.29) is 11.6 Å². The number of carbonyl (C=O) groups excluding carboxylic acids is 1. The van der Waals surface area contributed by atoms with Crippen molar-refractivity contribution in [3.8, 4) is 5.75 Å². The van der Waals surface area contributed by atoms with Crippen molar-refractivity contribution in [2.75, 3.05) is 7.11 Å². The van der Waals surface area contributed by atoms with Crippen molar-refractivity contribution in [3.63, 3.8) is 0 Å². The molecule has 0 bridgehead atoms. The number of allylic oxidation sites excluding steroid dienone is 2. The highest BCUT2D eigenvalue weighted by molar-refractivity contribution is 6.31. The fourth-order valence-corrected chi connectivity index (χ4v) is 2.41. The van der Waals surface area contributed by atoms with Crippen LogP contribution in [0.3, 0.4) is 0 Å². The van der Waals surface area contributed by atoms with Gasteiger partial charge in [-0.3, -0.25) is 0 Å². The zero-order valence-electron chi connectivity index (χ0n) is 12.9. The van der Waals surface area contributed by atoms with Crippen LogP contribution in [0.25, 0.3) is 6.08 Å². The van der Waals surface area contributed by atoms with Crippen molar-refractivity contribution < 1.29 is 14.3 Å². The molecule has 120 valence electrons. The van der Waals surface area contributed by atoms with Crippen LogP contribution in [0.5, 0.6) is 5.75 Å². The minimum Gasteiger partial charge on any atom is -0.496 e. The first kappa shape index (κ1) is 16.0. The molecule has 0 spiro atoms. The molecule has 0 atom stereocenters. The Morgan fingerprint density at radius 3 is 2.79 bits per heavy atom. The number of hydrogen-bond donors (Lipinski definition) is 0. The van der Waals surface area contributed by atoms with Crippen LogP contribution in [0.2, 0.25) is 5.02 Å². The second kappa shape index (κ2) is 7.15. The predicted molar refractivity (Wildman–Crippen MR) is 94.2 cm³/mol. The molecule has 0 aromatic heterocycles. The van der Waals surface area contributed by atoms with Gasteiger partial charge >= 0.3 is 5.97 Å². The van der Waals surface area contributed by atoms with E-state index in [0.717, 1.165) is 11.3 Å². The number of carbonyl (C=O) groups is 1. The lowest BCUT2D eigenvalue weighted by Gasteiger charge is -2.02. The SMILES string of the molecule is COc1ccccc1/C=C/C=C1\N=C(c2cccc(Cl)c2)OC1=O. The van der Waals surface area contributed by atoms with E-state index >= 15 is 0 Å². The molecule has 0 radical (unpaired) electrons. The van der Waals surface area contributed by atoms with Gasteiger partial charge in [-0.25, -0.2) is 9.79 Å². The number of rotatable bonds is 4. The Morgan fingerprint density at radius 1 is 1.17 bits per heavy atom. The number of ether oxygens (including phenoxy) is 2. The van der Waals surface area contributed by atoms with E-state index in [0.29, 0.717) is 10.6 Å². The summed E-state index contributed by atoms with van der Waals surface area (Å²) >= 11 is 5.94. The lowest BCUT2D eigenvalue weighted by Crippen LogP contribution is -2.05. The average molecular weight is 340 g/mol. The first-order valence-electron chi connectivity index (χ1n) is 7.25. The summed E-state index contributed by atoms with van der Waals surface area (Å²) in [5, 5.41) is 0.555. The van der Waals surface area contributed by atoms with E-state index < -0.39 is 5.97 Å². The largest absolute Gasteiger partial charge is 0.496 e. The third kappa shape index (κ3) is 3.55. The van der Waals surface area contributed by atoms with Crippen LogP contribution in [0, 0.1) is 0 Å². The van der Waals surface area contributed by atoms with Crippen LogP contribution in [-0.2, 0) is 9.53 Å². The first-order valence-corrected chi connectivity index (χ1v) is 7.63. The van der Waals surface area contributed by atoms with Gasteiger partial charge in [-0.05, 0) is 30.3 Å². The summed E-state index contributed by atoms with van der Waals surface area (Å²) in [5.41, 5.74) is 1.80. The van der Waals surface area contributed by atoms with E-state index in [1.54, 1.807) is 43.5 Å². The minimum absolute atomic E-state index is 0.233. The molecule has 0 N–H and O–H groups in total. The molecule has 1 aliphatic rings. The summed E-state index contributed by atoms with van der Waals surface area (Å²) in [4.78, 5) is 16.1. The monoisotopic (exact) mass is 339 g/mol. The molecule has 24 heavy (non-hydrogen) atoms. The summed E-state index contributed by atoms with van der Waals surface area (Å²) in [6.45, 7) is 0. The van der Waals surface area contributed by atoms with Gasteiger partial charge in [-0.2, -0.15) is 0 Å². The molecule has 0 amide bonds. The Labute approximate surface area is 144 Å². The van der Waals surface area contributed by atoms with E-state index in [9.17, 15) is 4.79 Å². The fourth-order valence-electron chi connectivity index (χ4n) is 2.22. The van der Waals surface area contributed by atoms with Crippen LogP contribution in [0.4, 0.5) is 0 Å². The molecule has 0 fully saturated rings.